The molecule has 0 N–H and O–H groups in total. The minimum absolute atomic E-state index is 0.220. The zero-order valence-corrected chi connectivity index (χ0v) is 18.4. The first-order valence-electron chi connectivity index (χ1n) is 10.9. The second-order valence-corrected chi connectivity index (χ2v) is 7.59. The Hall–Kier alpha value is -4.18. The summed E-state index contributed by atoms with van der Waals surface area (Å²) < 4.78 is 11.6. The number of aryl methyl sites for hydroxylation is 1. The number of benzene rings is 4. The van der Waals surface area contributed by atoms with Gasteiger partial charge in [-0.2, -0.15) is 0 Å². The number of esters is 2. The Bertz CT molecular complexity index is 1230. The van der Waals surface area contributed by atoms with E-state index in [0.717, 1.165) is 23.1 Å². The van der Waals surface area contributed by atoms with Gasteiger partial charge in [0.1, 0.15) is 0 Å². The summed E-state index contributed by atoms with van der Waals surface area (Å²) in [7, 11) is 0. The van der Waals surface area contributed by atoms with E-state index in [9.17, 15) is 9.59 Å². The molecule has 4 aromatic carbocycles. The molecule has 0 amide bonds. The van der Waals surface area contributed by atoms with Crippen LogP contribution < -0.4 is 9.47 Å². The predicted molar refractivity (Wildman–Crippen MR) is 129 cm³/mol. The number of carbonyl (C=O) groups is 2. The number of hydrogen-bond donors (Lipinski definition) is 0. The fourth-order valence-corrected chi connectivity index (χ4v) is 3.56. The summed E-state index contributed by atoms with van der Waals surface area (Å²) in [5.74, 6) is -0.523. The van der Waals surface area contributed by atoms with Crippen molar-refractivity contribution in [1.82, 2.24) is 0 Å². The predicted octanol–water partition coefficient (Wildman–Crippen LogP) is 6.74. The Balaban J connectivity index is 1.79. The summed E-state index contributed by atoms with van der Waals surface area (Å²) in [5, 5.41) is 0. The molecule has 0 bridgehead atoms. The molecule has 4 aromatic rings. The van der Waals surface area contributed by atoms with Gasteiger partial charge in [-0.05, 0) is 59.5 Å². The lowest BCUT2D eigenvalue weighted by molar-refractivity contribution is 0.0681. The molecule has 0 saturated carbocycles. The standard InChI is InChI=1S/C29H24O4/c1-2-12-24-19-25(21-13-6-3-7-14-21)20-26(32-28(30)22-15-8-4-9-16-22)27(24)33-29(31)23-17-10-5-11-18-23/h3-11,13-20H,2,12H2,1H3. The van der Waals surface area contributed by atoms with Crippen molar-refractivity contribution in [2.24, 2.45) is 0 Å². The average molecular weight is 437 g/mol. The molecule has 33 heavy (non-hydrogen) atoms. The number of carbonyl (C=O) groups excluding carboxylic acids is 2. The van der Waals surface area contributed by atoms with Crippen LogP contribution in [0, 0.1) is 0 Å². The van der Waals surface area contributed by atoms with E-state index in [0.29, 0.717) is 17.5 Å². The molecule has 0 aromatic heterocycles. The number of rotatable bonds is 7. The van der Waals surface area contributed by atoms with Gasteiger partial charge in [-0.25, -0.2) is 9.59 Å². The van der Waals surface area contributed by atoms with Crippen LogP contribution in [0.25, 0.3) is 11.1 Å². The van der Waals surface area contributed by atoms with Crippen LogP contribution in [0.15, 0.2) is 103 Å². The number of hydrogen-bond acceptors (Lipinski definition) is 4. The van der Waals surface area contributed by atoms with E-state index in [1.54, 1.807) is 54.6 Å². The molecule has 0 spiro atoms. The Labute approximate surface area is 193 Å². The van der Waals surface area contributed by atoms with Crippen molar-refractivity contribution >= 4 is 11.9 Å². The minimum atomic E-state index is -0.514. The largest absolute Gasteiger partial charge is 0.419 e. The molecule has 0 saturated heterocycles. The Morgan fingerprint density at radius 1 is 0.636 bits per heavy atom. The second kappa shape index (κ2) is 10.4. The zero-order valence-electron chi connectivity index (χ0n) is 18.4. The monoisotopic (exact) mass is 436 g/mol. The highest BCUT2D eigenvalue weighted by Gasteiger charge is 2.21. The van der Waals surface area contributed by atoms with Crippen molar-refractivity contribution in [3.05, 3.63) is 120 Å². The smallest absolute Gasteiger partial charge is 0.343 e. The van der Waals surface area contributed by atoms with Crippen LogP contribution in [0.3, 0.4) is 0 Å². The van der Waals surface area contributed by atoms with Crippen molar-refractivity contribution in [3.63, 3.8) is 0 Å². The van der Waals surface area contributed by atoms with Crippen LogP contribution >= 0.6 is 0 Å². The van der Waals surface area contributed by atoms with E-state index in [2.05, 4.69) is 0 Å². The lowest BCUT2D eigenvalue weighted by Crippen LogP contribution is -2.14. The molecular weight excluding hydrogens is 412 g/mol. The van der Waals surface area contributed by atoms with E-state index >= 15 is 0 Å². The van der Waals surface area contributed by atoms with Crippen molar-refractivity contribution in [3.8, 4) is 22.6 Å². The van der Waals surface area contributed by atoms with Crippen molar-refractivity contribution in [2.45, 2.75) is 19.8 Å². The number of ether oxygens (including phenoxy) is 2. The van der Waals surface area contributed by atoms with Crippen LogP contribution in [0.2, 0.25) is 0 Å². The lowest BCUT2D eigenvalue weighted by atomic mass is 9.99. The quantitative estimate of drug-likeness (QED) is 0.238. The molecule has 0 atom stereocenters. The van der Waals surface area contributed by atoms with Gasteiger partial charge >= 0.3 is 11.9 Å². The molecule has 0 unspecified atom stereocenters. The molecule has 0 aliphatic carbocycles. The topological polar surface area (TPSA) is 52.6 Å². The third-order valence-electron chi connectivity index (χ3n) is 5.17. The molecule has 4 heteroatoms. The van der Waals surface area contributed by atoms with E-state index in [-0.39, 0.29) is 11.5 Å². The first-order chi connectivity index (χ1) is 16.2. The van der Waals surface area contributed by atoms with Crippen LogP contribution in [0.4, 0.5) is 0 Å². The SMILES string of the molecule is CCCc1cc(-c2ccccc2)cc(OC(=O)c2ccccc2)c1OC(=O)c1ccccc1. The van der Waals surface area contributed by atoms with Crippen molar-refractivity contribution in [2.75, 3.05) is 0 Å². The van der Waals surface area contributed by atoms with Gasteiger partial charge in [0.15, 0.2) is 11.5 Å². The molecule has 164 valence electrons. The first-order valence-corrected chi connectivity index (χ1v) is 10.9. The third kappa shape index (κ3) is 5.36. The summed E-state index contributed by atoms with van der Waals surface area (Å²) in [5.41, 5.74) is 3.51. The molecule has 4 nitrogen and oxygen atoms in total. The van der Waals surface area contributed by atoms with Gasteiger partial charge < -0.3 is 9.47 Å². The van der Waals surface area contributed by atoms with Crippen molar-refractivity contribution < 1.29 is 19.1 Å². The van der Waals surface area contributed by atoms with Gasteiger partial charge in [-0.3, -0.25) is 0 Å². The van der Waals surface area contributed by atoms with Crippen molar-refractivity contribution in [1.29, 1.82) is 0 Å². The van der Waals surface area contributed by atoms with Gasteiger partial charge in [0.05, 0.1) is 11.1 Å². The van der Waals surface area contributed by atoms with Gasteiger partial charge in [0, 0.05) is 0 Å². The molecule has 4 rings (SSSR count). The second-order valence-electron chi connectivity index (χ2n) is 7.59. The fraction of sp³-hybridized carbons (Fsp3) is 0.103. The minimum Gasteiger partial charge on any atom is -0.419 e. The first kappa shape index (κ1) is 22.0. The van der Waals surface area contributed by atoms with E-state index < -0.39 is 11.9 Å². The molecule has 0 heterocycles. The van der Waals surface area contributed by atoms with Crippen LogP contribution in [-0.4, -0.2) is 11.9 Å². The highest BCUT2D eigenvalue weighted by atomic mass is 16.6. The Morgan fingerprint density at radius 2 is 1.15 bits per heavy atom. The molecule has 0 radical (unpaired) electrons. The van der Waals surface area contributed by atoms with Crippen LogP contribution in [-0.2, 0) is 6.42 Å². The summed E-state index contributed by atoms with van der Waals surface area (Å²) in [6, 6.07) is 31.1. The molecule has 0 aliphatic rings. The van der Waals surface area contributed by atoms with E-state index in [4.69, 9.17) is 9.47 Å². The highest BCUT2D eigenvalue weighted by Crippen LogP contribution is 2.38. The molecule has 0 fully saturated rings. The van der Waals surface area contributed by atoms with E-state index in [1.807, 2.05) is 55.5 Å². The molecule has 0 aliphatic heterocycles. The van der Waals surface area contributed by atoms with Crippen LogP contribution in [0.1, 0.15) is 39.6 Å². The molecular formula is C29H24O4. The lowest BCUT2D eigenvalue weighted by Gasteiger charge is -2.17. The van der Waals surface area contributed by atoms with Gasteiger partial charge in [-0.15, -0.1) is 0 Å². The van der Waals surface area contributed by atoms with Gasteiger partial charge in [-0.1, -0.05) is 80.1 Å². The van der Waals surface area contributed by atoms with Crippen LogP contribution in [0.5, 0.6) is 11.5 Å². The maximum atomic E-state index is 12.9. The van der Waals surface area contributed by atoms with Gasteiger partial charge in [0.25, 0.3) is 0 Å². The normalized spacial score (nSPS) is 10.5. The Kier molecular flexibility index (Phi) is 6.96. The maximum absolute atomic E-state index is 12.9. The summed E-state index contributed by atoms with van der Waals surface area (Å²) >= 11 is 0. The summed E-state index contributed by atoms with van der Waals surface area (Å²) in [6.45, 7) is 2.05. The van der Waals surface area contributed by atoms with Gasteiger partial charge in [0.2, 0.25) is 0 Å². The highest BCUT2D eigenvalue weighted by molar-refractivity contribution is 5.93. The summed E-state index contributed by atoms with van der Waals surface area (Å²) in [6.07, 6.45) is 1.49. The maximum Gasteiger partial charge on any atom is 0.343 e. The van der Waals surface area contributed by atoms with E-state index in [1.165, 1.54) is 0 Å². The Morgan fingerprint density at radius 3 is 1.70 bits per heavy atom. The average Bonchev–Trinajstić information content (AvgIpc) is 2.87. The third-order valence-corrected chi connectivity index (χ3v) is 5.17. The fourth-order valence-electron chi connectivity index (χ4n) is 3.56. The zero-order chi connectivity index (χ0) is 23.0. The summed E-state index contributed by atoms with van der Waals surface area (Å²) in [4.78, 5) is 25.7.